The van der Waals surface area contributed by atoms with Crippen molar-refractivity contribution in [1.29, 1.82) is 0 Å². The topological polar surface area (TPSA) is 58.9 Å². The predicted octanol–water partition coefficient (Wildman–Crippen LogP) is 4.28. The minimum absolute atomic E-state index is 0.0642. The van der Waals surface area contributed by atoms with E-state index in [1.54, 1.807) is 18.9 Å². The number of ether oxygens (including phenoxy) is 2. The van der Waals surface area contributed by atoms with Gasteiger partial charge in [0, 0.05) is 16.1 Å². The molecule has 0 saturated carbocycles. The van der Waals surface area contributed by atoms with Crippen LogP contribution >= 0.6 is 11.8 Å². The van der Waals surface area contributed by atoms with Crippen molar-refractivity contribution >= 4 is 11.8 Å². The SMILES string of the molecule is CCOc1ccc(Cc2cc([C@H]3C[C@@H](O)C[C@@H](CO)S3)c(OC)cc2C)cc1. The van der Waals surface area contributed by atoms with E-state index in [1.807, 2.05) is 19.1 Å². The first kappa shape index (κ1) is 21.0. The molecular formula is C23H30O4S. The summed E-state index contributed by atoms with van der Waals surface area (Å²) in [6, 6.07) is 12.5. The molecule has 5 heteroatoms. The second kappa shape index (κ2) is 9.68. The Morgan fingerprint density at radius 2 is 1.89 bits per heavy atom. The van der Waals surface area contributed by atoms with Crippen molar-refractivity contribution in [1.82, 2.24) is 0 Å². The maximum Gasteiger partial charge on any atom is 0.123 e. The van der Waals surface area contributed by atoms with Gasteiger partial charge in [0.15, 0.2) is 0 Å². The second-order valence-electron chi connectivity index (χ2n) is 7.33. The van der Waals surface area contributed by atoms with Crippen molar-refractivity contribution in [3.8, 4) is 11.5 Å². The Morgan fingerprint density at radius 3 is 2.54 bits per heavy atom. The van der Waals surface area contributed by atoms with Gasteiger partial charge in [-0.3, -0.25) is 0 Å². The van der Waals surface area contributed by atoms with Crippen LogP contribution in [0, 0.1) is 6.92 Å². The molecule has 152 valence electrons. The minimum Gasteiger partial charge on any atom is -0.496 e. The third-order valence-electron chi connectivity index (χ3n) is 5.25. The van der Waals surface area contributed by atoms with E-state index in [0.717, 1.165) is 23.5 Å². The molecule has 3 rings (SSSR count). The van der Waals surface area contributed by atoms with E-state index in [1.165, 1.54) is 16.7 Å². The number of aryl methyl sites for hydroxylation is 1. The summed E-state index contributed by atoms with van der Waals surface area (Å²) in [4.78, 5) is 0. The molecule has 1 heterocycles. The average molecular weight is 403 g/mol. The van der Waals surface area contributed by atoms with Crippen molar-refractivity contribution in [3.63, 3.8) is 0 Å². The van der Waals surface area contributed by atoms with Gasteiger partial charge in [-0.1, -0.05) is 18.2 Å². The lowest BCUT2D eigenvalue weighted by atomic mass is 9.94. The lowest BCUT2D eigenvalue weighted by molar-refractivity contribution is 0.136. The lowest BCUT2D eigenvalue weighted by Gasteiger charge is -2.32. The Bertz CT molecular complexity index is 775. The van der Waals surface area contributed by atoms with Gasteiger partial charge in [0.1, 0.15) is 11.5 Å². The molecule has 0 unspecified atom stereocenters. The Morgan fingerprint density at radius 1 is 1.14 bits per heavy atom. The van der Waals surface area contributed by atoms with Crippen molar-refractivity contribution in [2.75, 3.05) is 20.3 Å². The maximum atomic E-state index is 10.3. The molecule has 1 aliphatic rings. The van der Waals surface area contributed by atoms with E-state index < -0.39 is 0 Å². The van der Waals surface area contributed by atoms with Crippen LogP contribution < -0.4 is 9.47 Å². The first-order valence-corrected chi connectivity index (χ1v) is 10.8. The van der Waals surface area contributed by atoms with Crippen molar-refractivity contribution in [2.24, 2.45) is 0 Å². The Balaban J connectivity index is 1.87. The minimum atomic E-state index is -0.385. The summed E-state index contributed by atoms with van der Waals surface area (Å²) in [7, 11) is 1.69. The van der Waals surface area contributed by atoms with Gasteiger partial charge in [-0.2, -0.15) is 0 Å². The van der Waals surface area contributed by atoms with Gasteiger partial charge in [-0.25, -0.2) is 0 Å². The van der Waals surface area contributed by atoms with Crippen molar-refractivity contribution in [2.45, 2.75) is 49.7 Å². The molecule has 2 N–H and O–H groups in total. The Labute approximate surface area is 171 Å². The van der Waals surface area contributed by atoms with E-state index in [9.17, 15) is 10.2 Å². The number of hydrogen-bond donors (Lipinski definition) is 2. The van der Waals surface area contributed by atoms with Crippen LogP contribution in [0.2, 0.25) is 0 Å². The van der Waals surface area contributed by atoms with Gasteiger partial charge in [0.05, 0.1) is 26.4 Å². The van der Waals surface area contributed by atoms with E-state index >= 15 is 0 Å². The fourth-order valence-electron chi connectivity index (χ4n) is 3.76. The zero-order chi connectivity index (χ0) is 20.1. The zero-order valence-electron chi connectivity index (χ0n) is 16.9. The highest BCUT2D eigenvalue weighted by atomic mass is 32.2. The summed E-state index contributed by atoms with van der Waals surface area (Å²) < 4.78 is 11.2. The normalized spacial score (nSPS) is 22.1. The Kier molecular flexibility index (Phi) is 7.27. The van der Waals surface area contributed by atoms with E-state index in [2.05, 4.69) is 31.2 Å². The summed E-state index contributed by atoms with van der Waals surface area (Å²) in [6.07, 6.45) is 1.77. The number of hydrogen-bond acceptors (Lipinski definition) is 5. The van der Waals surface area contributed by atoms with Crippen LogP contribution in [-0.4, -0.2) is 41.9 Å². The zero-order valence-corrected chi connectivity index (χ0v) is 17.7. The second-order valence-corrected chi connectivity index (χ2v) is 8.84. The van der Waals surface area contributed by atoms with E-state index in [4.69, 9.17) is 9.47 Å². The maximum absolute atomic E-state index is 10.3. The summed E-state index contributed by atoms with van der Waals surface area (Å²) in [5, 5.41) is 20.0. The van der Waals surface area contributed by atoms with Crippen LogP contribution in [0.25, 0.3) is 0 Å². The van der Waals surface area contributed by atoms with Crippen molar-refractivity contribution < 1.29 is 19.7 Å². The third kappa shape index (κ3) is 5.02. The monoisotopic (exact) mass is 402 g/mol. The van der Waals surface area contributed by atoms with Crippen LogP contribution in [0.15, 0.2) is 36.4 Å². The third-order valence-corrected chi connectivity index (χ3v) is 6.75. The molecular weight excluding hydrogens is 372 g/mol. The molecule has 1 aliphatic heterocycles. The highest BCUT2D eigenvalue weighted by Gasteiger charge is 2.31. The molecule has 28 heavy (non-hydrogen) atoms. The summed E-state index contributed by atoms with van der Waals surface area (Å²) in [5.41, 5.74) is 4.78. The van der Waals surface area contributed by atoms with Crippen LogP contribution in [0.4, 0.5) is 0 Å². The van der Waals surface area contributed by atoms with Crippen LogP contribution in [0.3, 0.4) is 0 Å². The smallest absolute Gasteiger partial charge is 0.123 e. The largest absolute Gasteiger partial charge is 0.496 e. The first-order valence-electron chi connectivity index (χ1n) is 9.87. The number of aliphatic hydroxyl groups excluding tert-OH is 2. The van der Waals surface area contributed by atoms with Gasteiger partial charge in [0.25, 0.3) is 0 Å². The molecule has 1 saturated heterocycles. The molecule has 2 aromatic carbocycles. The molecule has 0 bridgehead atoms. The molecule has 0 aromatic heterocycles. The number of rotatable bonds is 7. The van der Waals surface area contributed by atoms with E-state index in [-0.39, 0.29) is 23.2 Å². The van der Waals surface area contributed by atoms with Gasteiger partial charge in [-0.15, -0.1) is 11.8 Å². The first-order chi connectivity index (χ1) is 13.5. The molecule has 1 fully saturated rings. The number of aliphatic hydroxyl groups is 2. The van der Waals surface area contributed by atoms with Crippen molar-refractivity contribution in [3.05, 3.63) is 58.7 Å². The van der Waals surface area contributed by atoms with Crippen LogP contribution in [0.5, 0.6) is 11.5 Å². The highest BCUT2D eigenvalue weighted by molar-refractivity contribution is 8.00. The average Bonchev–Trinajstić information content (AvgIpc) is 2.70. The number of methoxy groups -OCH3 is 1. The quantitative estimate of drug-likeness (QED) is 0.724. The highest BCUT2D eigenvalue weighted by Crippen LogP contribution is 2.46. The van der Waals surface area contributed by atoms with E-state index in [0.29, 0.717) is 19.4 Å². The Hall–Kier alpha value is -1.69. The standard InChI is InChI=1S/C23H30O4S/c1-4-27-19-7-5-16(6-8-19)10-17-11-21(22(26-3)9-15(17)2)23-13-18(25)12-20(14-24)28-23/h5-9,11,18,20,23-25H,4,10,12-14H2,1-3H3/t18-,20-,23+/m0/s1. The van der Waals surface area contributed by atoms with Crippen LogP contribution in [-0.2, 0) is 6.42 Å². The molecule has 0 radical (unpaired) electrons. The molecule has 0 spiro atoms. The van der Waals surface area contributed by atoms with Gasteiger partial charge < -0.3 is 19.7 Å². The molecule has 0 amide bonds. The number of benzene rings is 2. The summed E-state index contributed by atoms with van der Waals surface area (Å²) >= 11 is 1.74. The van der Waals surface area contributed by atoms with Gasteiger partial charge >= 0.3 is 0 Å². The summed E-state index contributed by atoms with van der Waals surface area (Å²) in [5.74, 6) is 1.75. The number of thioether (sulfide) groups is 1. The molecule has 0 aliphatic carbocycles. The fraction of sp³-hybridized carbons (Fsp3) is 0.478. The van der Waals surface area contributed by atoms with Crippen LogP contribution in [0.1, 0.15) is 47.3 Å². The predicted molar refractivity (Wildman–Crippen MR) is 115 cm³/mol. The molecule has 2 aromatic rings. The molecule has 4 nitrogen and oxygen atoms in total. The van der Waals surface area contributed by atoms with Gasteiger partial charge in [-0.05, 0) is 68.0 Å². The molecule has 3 atom stereocenters. The van der Waals surface area contributed by atoms with Gasteiger partial charge in [0.2, 0.25) is 0 Å². The fourth-order valence-corrected chi connectivity index (χ4v) is 5.31. The lowest BCUT2D eigenvalue weighted by Crippen LogP contribution is -2.27. The summed E-state index contributed by atoms with van der Waals surface area (Å²) in [6.45, 7) is 4.85.